The summed E-state index contributed by atoms with van der Waals surface area (Å²) >= 11 is 0. The molecule has 0 atom stereocenters. The lowest BCUT2D eigenvalue weighted by Crippen LogP contribution is -2.26. The molecule has 0 fully saturated rings. The van der Waals surface area contributed by atoms with Crippen LogP contribution < -0.4 is 15.4 Å². The normalized spacial score (nSPS) is 10.9. The molecule has 0 aliphatic rings. The van der Waals surface area contributed by atoms with Crippen molar-refractivity contribution in [2.75, 3.05) is 20.1 Å². The minimum Gasteiger partial charge on any atom is -0.457 e. The maximum atomic E-state index is 12.7. The van der Waals surface area contributed by atoms with Crippen molar-refractivity contribution in [2.24, 2.45) is 0 Å². The zero-order chi connectivity index (χ0) is 22.9. The van der Waals surface area contributed by atoms with Gasteiger partial charge in [-0.3, -0.25) is 4.79 Å². The molecule has 7 heteroatoms. The van der Waals surface area contributed by atoms with Crippen LogP contribution in [0.5, 0.6) is 11.5 Å². The number of fused-ring (bicyclic) bond motifs is 1. The number of ether oxygens (including phenoxy) is 1. The molecule has 4 nitrogen and oxygen atoms in total. The Kier molecular flexibility index (Phi) is 8.88. The summed E-state index contributed by atoms with van der Waals surface area (Å²) in [6.07, 6.45) is -3.55. The van der Waals surface area contributed by atoms with Gasteiger partial charge in [0.15, 0.2) is 0 Å². The van der Waals surface area contributed by atoms with Crippen molar-refractivity contribution in [3.05, 3.63) is 71.8 Å². The molecule has 0 spiro atoms. The summed E-state index contributed by atoms with van der Waals surface area (Å²) in [6, 6.07) is 15.1. The Morgan fingerprint density at radius 1 is 0.968 bits per heavy atom. The Balaban J connectivity index is 0.00000166. The van der Waals surface area contributed by atoms with E-state index in [1.54, 1.807) is 30.3 Å². The largest absolute Gasteiger partial charge is 0.457 e. The van der Waals surface area contributed by atoms with E-state index in [9.17, 15) is 18.0 Å². The Morgan fingerprint density at radius 3 is 2.32 bits per heavy atom. The number of carbonyl (C=O) groups excluding carboxylic acids is 1. The highest BCUT2D eigenvalue weighted by Gasteiger charge is 2.30. The van der Waals surface area contributed by atoms with Crippen molar-refractivity contribution >= 4 is 16.7 Å². The molecule has 0 bridgehead atoms. The number of rotatable bonds is 7. The quantitative estimate of drug-likeness (QED) is 0.449. The second kappa shape index (κ2) is 11.4. The number of carbonyl (C=O) groups is 1. The fourth-order valence-corrected chi connectivity index (χ4v) is 2.89. The minimum absolute atomic E-state index is 0.155. The van der Waals surface area contributed by atoms with Gasteiger partial charge in [0.25, 0.3) is 5.91 Å². The topological polar surface area (TPSA) is 50.4 Å². The van der Waals surface area contributed by atoms with Gasteiger partial charge in [-0.25, -0.2) is 0 Å². The number of hydrogen-bond acceptors (Lipinski definition) is 3. The molecule has 31 heavy (non-hydrogen) atoms. The summed E-state index contributed by atoms with van der Waals surface area (Å²) in [5, 5.41) is 7.46. The van der Waals surface area contributed by atoms with Gasteiger partial charge in [0.05, 0.1) is 5.56 Å². The van der Waals surface area contributed by atoms with Crippen molar-refractivity contribution < 1.29 is 22.7 Å². The lowest BCUT2D eigenvalue weighted by atomic mass is 10.1. The van der Waals surface area contributed by atoms with Gasteiger partial charge in [0, 0.05) is 17.5 Å². The molecule has 0 heterocycles. The summed E-state index contributed by atoms with van der Waals surface area (Å²) in [6.45, 7) is 5.40. The molecular formula is C24H27F3N2O2. The number of benzene rings is 3. The molecule has 1 amide bonds. The summed E-state index contributed by atoms with van der Waals surface area (Å²) in [4.78, 5) is 12.3. The summed E-state index contributed by atoms with van der Waals surface area (Å²) in [7, 11) is 1.86. The van der Waals surface area contributed by atoms with E-state index in [4.69, 9.17) is 4.74 Å². The van der Waals surface area contributed by atoms with Crippen LogP contribution in [0.15, 0.2) is 60.7 Å². The van der Waals surface area contributed by atoms with Crippen LogP contribution in [0.4, 0.5) is 13.2 Å². The first kappa shape index (κ1) is 24.2. The number of nitrogens with one attached hydrogen (secondary N) is 2. The third kappa shape index (κ3) is 6.72. The molecule has 0 aromatic heterocycles. The van der Waals surface area contributed by atoms with Crippen LogP contribution in [0.3, 0.4) is 0 Å². The number of halogens is 3. The van der Waals surface area contributed by atoms with Crippen LogP contribution in [-0.2, 0) is 6.18 Å². The molecule has 3 aromatic rings. The Labute approximate surface area is 180 Å². The highest BCUT2D eigenvalue weighted by atomic mass is 19.4. The second-order valence-corrected chi connectivity index (χ2v) is 6.53. The van der Waals surface area contributed by atoms with Gasteiger partial charge in [-0.2, -0.15) is 13.2 Å². The predicted octanol–water partition coefficient (Wildman–Crippen LogP) is 6.02. The van der Waals surface area contributed by atoms with Crippen molar-refractivity contribution in [1.82, 2.24) is 10.6 Å². The van der Waals surface area contributed by atoms with Gasteiger partial charge in [-0.15, -0.1) is 0 Å². The zero-order valence-electron chi connectivity index (χ0n) is 17.8. The molecule has 0 saturated heterocycles. The van der Waals surface area contributed by atoms with E-state index in [1.807, 2.05) is 27.0 Å². The highest BCUT2D eigenvalue weighted by Crippen LogP contribution is 2.33. The fraction of sp³-hybridized carbons (Fsp3) is 0.292. The summed E-state index contributed by atoms with van der Waals surface area (Å²) in [5.74, 6) is 0.650. The van der Waals surface area contributed by atoms with Gasteiger partial charge in [-0.05, 0) is 73.9 Å². The maximum Gasteiger partial charge on any atom is 0.416 e. The first-order valence-electron chi connectivity index (χ1n) is 10.2. The number of amides is 1. The maximum absolute atomic E-state index is 12.7. The number of alkyl halides is 3. The van der Waals surface area contributed by atoms with Crippen LogP contribution >= 0.6 is 0 Å². The minimum atomic E-state index is -4.39. The molecule has 3 aromatic carbocycles. The van der Waals surface area contributed by atoms with Gasteiger partial charge in [0.1, 0.15) is 11.5 Å². The lowest BCUT2D eigenvalue weighted by molar-refractivity contribution is -0.137. The van der Waals surface area contributed by atoms with Crippen molar-refractivity contribution in [2.45, 2.75) is 26.4 Å². The predicted molar refractivity (Wildman–Crippen MR) is 118 cm³/mol. The van der Waals surface area contributed by atoms with Crippen LogP contribution in [0, 0.1) is 0 Å². The molecule has 166 valence electrons. The van der Waals surface area contributed by atoms with Gasteiger partial charge >= 0.3 is 6.18 Å². The lowest BCUT2D eigenvalue weighted by Gasteiger charge is -2.12. The average molecular weight is 432 g/mol. The van der Waals surface area contributed by atoms with Gasteiger partial charge < -0.3 is 15.4 Å². The van der Waals surface area contributed by atoms with E-state index in [0.717, 1.165) is 35.9 Å². The van der Waals surface area contributed by atoms with Crippen LogP contribution in [0.25, 0.3) is 10.8 Å². The first-order chi connectivity index (χ1) is 14.9. The molecule has 0 aliphatic heterocycles. The third-order valence-corrected chi connectivity index (χ3v) is 4.40. The molecule has 0 saturated carbocycles. The van der Waals surface area contributed by atoms with E-state index >= 15 is 0 Å². The van der Waals surface area contributed by atoms with Crippen LogP contribution in [0.1, 0.15) is 36.2 Å². The summed E-state index contributed by atoms with van der Waals surface area (Å²) in [5.41, 5.74) is -0.193. The average Bonchev–Trinajstić information content (AvgIpc) is 2.77. The van der Waals surface area contributed by atoms with Gasteiger partial charge in [-0.1, -0.05) is 26.0 Å². The molecule has 3 rings (SSSR count). The molecule has 2 N–H and O–H groups in total. The SMILES string of the molecule is CC.CNCCCNC(=O)c1ccc2c(Oc3ccc(C(F)(F)F)cc3)cccc2c1. The Hall–Kier alpha value is -3.06. The van der Waals surface area contributed by atoms with E-state index in [1.165, 1.54) is 12.1 Å². The first-order valence-corrected chi connectivity index (χ1v) is 10.2. The Bertz CT molecular complexity index is 986. The standard InChI is InChI=1S/C22H21F3N2O2.C2H6/c1-26-12-3-13-27-21(28)16-6-11-19-15(14-16)4-2-5-20(19)29-18-9-7-17(8-10-18)22(23,24)25;1-2/h2,4-11,14,26H,3,12-13H2,1H3,(H,27,28);1-2H3. The van der Waals surface area contributed by atoms with E-state index in [-0.39, 0.29) is 5.91 Å². The molecular weight excluding hydrogens is 405 g/mol. The molecule has 0 aliphatic carbocycles. The monoisotopic (exact) mass is 432 g/mol. The number of hydrogen-bond donors (Lipinski definition) is 2. The van der Waals surface area contributed by atoms with Crippen molar-refractivity contribution in [1.29, 1.82) is 0 Å². The van der Waals surface area contributed by atoms with E-state index in [2.05, 4.69) is 10.6 Å². The van der Waals surface area contributed by atoms with Crippen LogP contribution in [-0.4, -0.2) is 26.0 Å². The Morgan fingerprint density at radius 2 is 1.68 bits per heavy atom. The highest BCUT2D eigenvalue weighted by molar-refractivity contribution is 5.99. The van der Waals surface area contributed by atoms with E-state index in [0.29, 0.717) is 23.6 Å². The molecule has 0 unspecified atom stereocenters. The summed E-state index contributed by atoms with van der Waals surface area (Å²) < 4.78 is 43.9. The molecule has 0 radical (unpaired) electrons. The van der Waals surface area contributed by atoms with Crippen molar-refractivity contribution in [3.63, 3.8) is 0 Å². The smallest absolute Gasteiger partial charge is 0.416 e. The second-order valence-electron chi connectivity index (χ2n) is 6.53. The zero-order valence-corrected chi connectivity index (χ0v) is 17.8. The van der Waals surface area contributed by atoms with Crippen molar-refractivity contribution in [3.8, 4) is 11.5 Å². The van der Waals surface area contributed by atoms with E-state index < -0.39 is 11.7 Å². The third-order valence-electron chi connectivity index (χ3n) is 4.40. The van der Waals surface area contributed by atoms with Crippen LogP contribution in [0.2, 0.25) is 0 Å². The fourth-order valence-electron chi connectivity index (χ4n) is 2.89. The van der Waals surface area contributed by atoms with Gasteiger partial charge in [0.2, 0.25) is 0 Å².